The molecule has 0 aliphatic heterocycles. The van der Waals surface area contributed by atoms with Crippen molar-refractivity contribution in [3.8, 4) is 18.0 Å². The Morgan fingerprint density at radius 2 is 1.85 bits per heavy atom. The third-order valence-corrected chi connectivity index (χ3v) is 3.84. The van der Waals surface area contributed by atoms with E-state index < -0.39 is 0 Å². The number of terminal acetylenes is 1. The average molecular weight is 364 g/mol. The maximum atomic E-state index is 12.1. The third kappa shape index (κ3) is 7.20. The second kappa shape index (κ2) is 11.3. The average Bonchev–Trinajstić information content (AvgIpc) is 3.23. The summed E-state index contributed by atoms with van der Waals surface area (Å²) in [6, 6.07) is 9.05. The largest absolute Gasteiger partial charge is 0.353 e. The molecule has 0 bridgehead atoms. The zero-order chi connectivity index (χ0) is 19.3. The van der Waals surface area contributed by atoms with Crippen molar-refractivity contribution in [3.05, 3.63) is 60.4 Å². The Morgan fingerprint density at radius 1 is 1.11 bits per heavy atom. The number of hydrogen-bond acceptors (Lipinski definition) is 3. The lowest BCUT2D eigenvalue weighted by Crippen LogP contribution is -2.24. The molecule has 0 spiro atoms. The van der Waals surface area contributed by atoms with E-state index in [0.717, 1.165) is 18.5 Å². The number of aromatic nitrogens is 2. The van der Waals surface area contributed by atoms with Gasteiger partial charge in [-0.2, -0.15) is 5.10 Å². The van der Waals surface area contributed by atoms with Crippen molar-refractivity contribution < 1.29 is 9.59 Å². The summed E-state index contributed by atoms with van der Waals surface area (Å²) >= 11 is 0. The molecule has 0 aliphatic rings. The Bertz CT molecular complexity index is 787. The first-order valence-corrected chi connectivity index (χ1v) is 8.94. The van der Waals surface area contributed by atoms with Crippen LogP contribution in [0.2, 0.25) is 0 Å². The first kappa shape index (κ1) is 20.0. The number of nitrogens with one attached hydrogen (secondary N) is 2. The summed E-state index contributed by atoms with van der Waals surface area (Å²) in [6.45, 7) is 0.847. The quantitative estimate of drug-likeness (QED) is 0.386. The minimum atomic E-state index is -0.149. The molecule has 0 saturated carbocycles. The van der Waals surface area contributed by atoms with E-state index in [0.29, 0.717) is 31.5 Å². The van der Waals surface area contributed by atoms with Crippen LogP contribution < -0.4 is 10.6 Å². The van der Waals surface area contributed by atoms with Gasteiger partial charge in [-0.05, 0) is 43.2 Å². The fraction of sp³-hybridized carbons (Fsp3) is 0.286. The van der Waals surface area contributed by atoms with Crippen LogP contribution >= 0.6 is 0 Å². The molecule has 1 heterocycles. The molecule has 2 N–H and O–H groups in total. The normalized spacial score (nSPS) is 10.5. The molecule has 0 atom stereocenters. The summed E-state index contributed by atoms with van der Waals surface area (Å²) < 4.78 is 1.73. The van der Waals surface area contributed by atoms with E-state index in [2.05, 4.69) is 21.7 Å². The zero-order valence-electron chi connectivity index (χ0n) is 15.2. The maximum absolute atomic E-state index is 12.1. The zero-order valence-corrected chi connectivity index (χ0v) is 15.2. The van der Waals surface area contributed by atoms with E-state index in [4.69, 9.17) is 6.42 Å². The molecule has 27 heavy (non-hydrogen) atoms. The molecule has 0 aliphatic carbocycles. The van der Waals surface area contributed by atoms with Crippen molar-refractivity contribution in [2.75, 3.05) is 13.1 Å². The van der Waals surface area contributed by atoms with Crippen molar-refractivity contribution in [3.63, 3.8) is 0 Å². The first-order chi connectivity index (χ1) is 13.2. The Hall–Kier alpha value is -3.33. The van der Waals surface area contributed by atoms with E-state index in [1.54, 1.807) is 23.0 Å². The van der Waals surface area contributed by atoms with Gasteiger partial charge in [-0.15, -0.1) is 12.3 Å². The number of amides is 2. The highest BCUT2D eigenvalue weighted by atomic mass is 16.2. The summed E-state index contributed by atoms with van der Waals surface area (Å²) in [7, 11) is 0. The van der Waals surface area contributed by atoms with E-state index in [1.807, 2.05) is 36.5 Å². The van der Waals surface area contributed by atoms with Crippen LogP contribution in [0.4, 0.5) is 0 Å². The minimum absolute atomic E-state index is 0.0120. The fourth-order valence-electron chi connectivity index (χ4n) is 2.38. The molecule has 6 nitrogen and oxygen atoms in total. The highest BCUT2D eigenvalue weighted by Gasteiger charge is 2.04. The topological polar surface area (TPSA) is 76.0 Å². The molecule has 2 rings (SSSR count). The number of carbonyl (C=O) groups is 2. The molecular weight excluding hydrogens is 340 g/mol. The number of benzene rings is 1. The van der Waals surface area contributed by atoms with Crippen LogP contribution in [0.5, 0.6) is 0 Å². The second-order valence-electron chi connectivity index (χ2n) is 5.89. The Kier molecular flexibility index (Phi) is 8.38. The van der Waals surface area contributed by atoms with Crippen molar-refractivity contribution in [2.45, 2.75) is 25.7 Å². The molecule has 1 aromatic carbocycles. The van der Waals surface area contributed by atoms with E-state index in [1.165, 1.54) is 0 Å². The molecule has 6 heteroatoms. The number of nitrogens with zero attached hydrogens (tertiary/aromatic N) is 2. The van der Waals surface area contributed by atoms with Gasteiger partial charge in [0.2, 0.25) is 5.91 Å². The Balaban J connectivity index is 1.63. The molecule has 2 aromatic rings. The standard InChI is InChI=1S/C21H24N4O2/c1-2-3-4-5-9-20(26)22-14-6-7-15-23-21(27)18-10-12-19(13-11-18)25-17-8-16-24-25/h1,6-8,10-13,16-17H,3-5,9,14-15H2,(H,22,26)(H,23,27)/b7-6+. The predicted molar refractivity (Wildman–Crippen MR) is 105 cm³/mol. The number of rotatable bonds is 10. The van der Waals surface area contributed by atoms with Crippen molar-refractivity contribution in [1.82, 2.24) is 20.4 Å². The fourth-order valence-corrected chi connectivity index (χ4v) is 2.38. The Morgan fingerprint density at radius 3 is 2.52 bits per heavy atom. The van der Waals surface area contributed by atoms with E-state index in [-0.39, 0.29) is 11.8 Å². The van der Waals surface area contributed by atoms with Gasteiger partial charge in [0.25, 0.3) is 5.91 Å². The van der Waals surface area contributed by atoms with Crippen LogP contribution in [-0.4, -0.2) is 34.7 Å². The van der Waals surface area contributed by atoms with Crippen LogP contribution in [0, 0.1) is 12.3 Å². The summed E-state index contributed by atoms with van der Waals surface area (Å²) in [5, 5.41) is 9.76. The van der Waals surface area contributed by atoms with E-state index in [9.17, 15) is 9.59 Å². The van der Waals surface area contributed by atoms with Crippen molar-refractivity contribution >= 4 is 11.8 Å². The number of hydrogen-bond donors (Lipinski definition) is 2. The highest BCUT2D eigenvalue weighted by molar-refractivity contribution is 5.94. The molecule has 0 saturated heterocycles. The van der Waals surface area contributed by atoms with Gasteiger partial charge in [0.05, 0.1) is 5.69 Å². The second-order valence-corrected chi connectivity index (χ2v) is 5.89. The van der Waals surface area contributed by atoms with Crippen LogP contribution in [0.25, 0.3) is 5.69 Å². The van der Waals surface area contributed by atoms with Crippen LogP contribution in [-0.2, 0) is 4.79 Å². The molecule has 1 aromatic heterocycles. The lowest BCUT2D eigenvalue weighted by Gasteiger charge is -2.05. The summed E-state index contributed by atoms with van der Waals surface area (Å²) in [6.07, 6.45) is 15.2. The van der Waals surface area contributed by atoms with Crippen LogP contribution in [0.1, 0.15) is 36.0 Å². The first-order valence-electron chi connectivity index (χ1n) is 8.94. The van der Waals surface area contributed by atoms with Crippen molar-refractivity contribution in [2.24, 2.45) is 0 Å². The molecule has 0 radical (unpaired) electrons. The van der Waals surface area contributed by atoms with Gasteiger partial charge in [0.1, 0.15) is 0 Å². The molecule has 140 valence electrons. The summed E-state index contributed by atoms with van der Waals surface area (Å²) in [4.78, 5) is 23.7. The van der Waals surface area contributed by atoms with Gasteiger partial charge in [-0.3, -0.25) is 9.59 Å². The SMILES string of the molecule is C#CCCCCC(=O)NC/C=C/CNC(=O)c1ccc(-n2cccn2)cc1. The van der Waals surface area contributed by atoms with Gasteiger partial charge >= 0.3 is 0 Å². The van der Waals surface area contributed by atoms with Gasteiger partial charge in [-0.1, -0.05) is 12.2 Å². The summed E-state index contributed by atoms with van der Waals surface area (Å²) in [5.74, 6) is 2.42. The maximum Gasteiger partial charge on any atom is 0.251 e. The summed E-state index contributed by atoms with van der Waals surface area (Å²) in [5.41, 5.74) is 1.48. The van der Waals surface area contributed by atoms with Crippen LogP contribution in [0.3, 0.4) is 0 Å². The smallest absolute Gasteiger partial charge is 0.251 e. The minimum Gasteiger partial charge on any atom is -0.353 e. The molecule has 0 fully saturated rings. The highest BCUT2D eigenvalue weighted by Crippen LogP contribution is 2.08. The van der Waals surface area contributed by atoms with Gasteiger partial charge in [0, 0.05) is 43.9 Å². The number of unbranched alkanes of at least 4 members (excludes halogenated alkanes) is 2. The van der Waals surface area contributed by atoms with E-state index >= 15 is 0 Å². The monoisotopic (exact) mass is 364 g/mol. The third-order valence-electron chi connectivity index (χ3n) is 3.84. The predicted octanol–water partition coefficient (Wildman–Crippen LogP) is 2.47. The Labute approximate surface area is 159 Å². The lowest BCUT2D eigenvalue weighted by molar-refractivity contribution is -0.121. The number of carbonyl (C=O) groups excluding carboxylic acids is 2. The van der Waals surface area contributed by atoms with Gasteiger partial charge in [-0.25, -0.2) is 4.68 Å². The molecule has 0 unspecified atom stereocenters. The van der Waals surface area contributed by atoms with Gasteiger partial charge < -0.3 is 10.6 Å². The van der Waals surface area contributed by atoms with Crippen molar-refractivity contribution in [1.29, 1.82) is 0 Å². The van der Waals surface area contributed by atoms with Crippen LogP contribution in [0.15, 0.2) is 54.9 Å². The lowest BCUT2D eigenvalue weighted by atomic mass is 10.2. The molecular formula is C21H24N4O2. The van der Waals surface area contributed by atoms with Gasteiger partial charge in [0.15, 0.2) is 0 Å². The molecule has 2 amide bonds.